The predicted octanol–water partition coefficient (Wildman–Crippen LogP) is 5.92. The molecule has 0 unspecified atom stereocenters. The Hall–Kier alpha value is -3.18. The summed E-state index contributed by atoms with van der Waals surface area (Å²) in [7, 11) is 0. The van der Waals surface area contributed by atoms with Gasteiger partial charge in [0.1, 0.15) is 0 Å². The minimum absolute atomic E-state index is 0.0442. The molecule has 5 heteroatoms. The van der Waals surface area contributed by atoms with Gasteiger partial charge < -0.3 is 5.32 Å². The average molecular weight is 400 g/mol. The topological polar surface area (TPSA) is 53.8 Å². The molecule has 29 heavy (non-hydrogen) atoms. The van der Waals surface area contributed by atoms with Gasteiger partial charge in [0, 0.05) is 12.1 Å². The molecule has 0 aliphatic carbocycles. The minimum atomic E-state index is -0.0442. The van der Waals surface area contributed by atoms with Crippen LogP contribution in [0, 0.1) is 6.92 Å². The number of nitrogens with one attached hydrogen (secondary N) is 1. The van der Waals surface area contributed by atoms with E-state index in [1.165, 1.54) is 11.8 Å². The van der Waals surface area contributed by atoms with Crippen LogP contribution in [-0.2, 0) is 4.79 Å². The first-order valence-electron chi connectivity index (χ1n) is 9.46. The Labute approximate surface area is 174 Å². The number of carbonyl (C=O) groups is 1. The number of rotatable bonds is 4. The van der Waals surface area contributed by atoms with Crippen LogP contribution in [-0.4, -0.2) is 22.4 Å². The van der Waals surface area contributed by atoms with Crippen molar-refractivity contribution in [3.8, 4) is 0 Å². The number of hydrogen-bond donors (Lipinski definition) is 1. The highest BCUT2D eigenvalue weighted by atomic mass is 32.2. The van der Waals surface area contributed by atoms with E-state index >= 15 is 0 Å². The Bertz CT molecular complexity index is 1070. The van der Waals surface area contributed by atoms with Crippen LogP contribution < -0.4 is 5.32 Å². The second-order valence-corrected chi connectivity index (χ2v) is 7.85. The molecule has 0 spiro atoms. The van der Waals surface area contributed by atoms with E-state index in [4.69, 9.17) is 9.98 Å². The fourth-order valence-corrected chi connectivity index (χ4v) is 3.79. The van der Waals surface area contributed by atoms with Gasteiger partial charge in [-0.15, -0.1) is 11.8 Å². The maximum atomic E-state index is 12.4. The Morgan fingerprint density at radius 1 is 0.897 bits per heavy atom. The van der Waals surface area contributed by atoms with Crippen LogP contribution in [0.1, 0.15) is 17.5 Å². The Balaban J connectivity index is 1.51. The lowest BCUT2D eigenvalue weighted by molar-refractivity contribution is -0.113. The number of carbonyl (C=O) groups excluding carboxylic acids is 1. The first-order chi connectivity index (χ1) is 14.2. The zero-order valence-corrected chi connectivity index (χ0v) is 16.9. The van der Waals surface area contributed by atoms with E-state index in [1.807, 2.05) is 73.7 Å². The third-order valence-corrected chi connectivity index (χ3v) is 5.49. The highest BCUT2D eigenvalue weighted by molar-refractivity contribution is 8.14. The predicted molar refractivity (Wildman–Crippen MR) is 123 cm³/mol. The van der Waals surface area contributed by atoms with Crippen LogP contribution in [0.2, 0.25) is 0 Å². The molecule has 1 amide bonds. The molecule has 4 rings (SSSR count). The maximum Gasteiger partial charge on any atom is 0.234 e. The summed E-state index contributed by atoms with van der Waals surface area (Å²) in [5.41, 5.74) is 5.69. The van der Waals surface area contributed by atoms with Crippen molar-refractivity contribution in [3.63, 3.8) is 0 Å². The summed E-state index contributed by atoms with van der Waals surface area (Å²) >= 11 is 1.46. The lowest BCUT2D eigenvalue weighted by atomic mass is 10.1. The molecule has 1 N–H and O–H groups in total. The van der Waals surface area contributed by atoms with E-state index in [-0.39, 0.29) is 5.91 Å². The van der Waals surface area contributed by atoms with Gasteiger partial charge in [0.2, 0.25) is 5.91 Å². The van der Waals surface area contributed by atoms with E-state index in [2.05, 4.69) is 17.4 Å². The van der Waals surface area contributed by atoms with Crippen LogP contribution in [0.15, 0.2) is 88.8 Å². The van der Waals surface area contributed by atoms with Crippen molar-refractivity contribution in [2.45, 2.75) is 13.3 Å². The van der Waals surface area contributed by atoms with E-state index in [1.54, 1.807) is 0 Å². The third-order valence-electron chi connectivity index (χ3n) is 4.51. The zero-order valence-electron chi connectivity index (χ0n) is 16.1. The van der Waals surface area contributed by atoms with Crippen LogP contribution in [0.4, 0.5) is 17.1 Å². The SMILES string of the molecule is Cc1ccc(NC(=O)CSC2=Nc3ccccc3N=C(c3ccccc3)C2)cc1. The number of amides is 1. The molecule has 4 nitrogen and oxygen atoms in total. The molecule has 1 aliphatic rings. The van der Waals surface area contributed by atoms with E-state index in [0.29, 0.717) is 12.2 Å². The number of aryl methyl sites for hydroxylation is 1. The highest BCUT2D eigenvalue weighted by Gasteiger charge is 2.16. The van der Waals surface area contributed by atoms with Crippen LogP contribution in [0.5, 0.6) is 0 Å². The first-order valence-corrected chi connectivity index (χ1v) is 10.4. The summed E-state index contributed by atoms with van der Waals surface area (Å²) in [6.45, 7) is 2.02. The molecule has 0 saturated heterocycles. The molecular weight excluding hydrogens is 378 g/mol. The smallest absolute Gasteiger partial charge is 0.234 e. The first kappa shape index (κ1) is 19.2. The molecule has 1 heterocycles. The second-order valence-electron chi connectivity index (χ2n) is 6.80. The van der Waals surface area contributed by atoms with Crippen molar-refractivity contribution in [2.24, 2.45) is 9.98 Å². The van der Waals surface area contributed by atoms with Gasteiger partial charge in [0.15, 0.2) is 0 Å². The molecule has 1 aliphatic heterocycles. The van der Waals surface area contributed by atoms with Crippen LogP contribution >= 0.6 is 11.8 Å². The number of hydrogen-bond acceptors (Lipinski definition) is 4. The van der Waals surface area contributed by atoms with Gasteiger partial charge in [-0.05, 0) is 36.8 Å². The minimum Gasteiger partial charge on any atom is -0.325 e. The van der Waals surface area contributed by atoms with Crippen molar-refractivity contribution in [1.82, 2.24) is 0 Å². The summed E-state index contributed by atoms with van der Waals surface area (Å²) in [6, 6.07) is 25.8. The van der Waals surface area contributed by atoms with Gasteiger partial charge in [-0.2, -0.15) is 0 Å². The molecule has 144 valence electrons. The van der Waals surface area contributed by atoms with E-state index < -0.39 is 0 Å². The van der Waals surface area contributed by atoms with Gasteiger partial charge >= 0.3 is 0 Å². The summed E-state index contributed by atoms with van der Waals surface area (Å²) < 4.78 is 0. The molecule has 3 aromatic carbocycles. The van der Waals surface area contributed by atoms with Crippen molar-refractivity contribution in [3.05, 3.63) is 90.0 Å². The largest absolute Gasteiger partial charge is 0.325 e. The number of para-hydroxylation sites is 2. The standard InChI is InChI=1S/C24H21N3OS/c1-17-11-13-19(14-12-17)25-23(28)16-29-24-15-22(18-7-3-2-4-8-18)26-20-9-5-6-10-21(20)27-24/h2-14H,15-16H2,1H3,(H,25,28). The summed E-state index contributed by atoms with van der Waals surface area (Å²) in [5.74, 6) is 0.258. The monoisotopic (exact) mass is 399 g/mol. The van der Waals surface area contributed by atoms with E-state index in [9.17, 15) is 4.79 Å². The fraction of sp³-hybridized carbons (Fsp3) is 0.125. The molecule has 0 radical (unpaired) electrons. The summed E-state index contributed by atoms with van der Waals surface area (Å²) in [5, 5.41) is 3.83. The Morgan fingerprint density at radius 3 is 2.28 bits per heavy atom. The fourth-order valence-electron chi connectivity index (χ4n) is 3.02. The summed E-state index contributed by atoms with van der Waals surface area (Å²) in [4.78, 5) is 22.0. The normalized spacial score (nSPS) is 13.0. The molecule has 0 fully saturated rings. The molecule has 0 bridgehead atoms. The molecule has 0 atom stereocenters. The lowest BCUT2D eigenvalue weighted by Gasteiger charge is -2.08. The summed E-state index contributed by atoms with van der Waals surface area (Å²) in [6.07, 6.45) is 0.598. The maximum absolute atomic E-state index is 12.4. The second kappa shape index (κ2) is 8.88. The van der Waals surface area contributed by atoms with Gasteiger partial charge in [-0.1, -0.05) is 60.2 Å². The number of fused-ring (bicyclic) bond motifs is 1. The third kappa shape index (κ3) is 5.00. The molecule has 0 aromatic heterocycles. The van der Waals surface area contributed by atoms with Crippen LogP contribution in [0.25, 0.3) is 0 Å². The van der Waals surface area contributed by atoms with Crippen molar-refractivity contribution >= 4 is 45.5 Å². The average Bonchev–Trinajstić information content (AvgIpc) is 2.94. The number of thioether (sulfide) groups is 1. The molecule has 0 saturated carbocycles. The van der Waals surface area contributed by atoms with Crippen LogP contribution in [0.3, 0.4) is 0 Å². The lowest BCUT2D eigenvalue weighted by Crippen LogP contribution is -2.16. The van der Waals surface area contributed by atoms with Gasteiger partial charge in [-0.25, -0.2) is 4.99 Å². The quantitative estimate of drug-likeness (QED) is 0.592. The van der Waals surface area contributed by atoms with Gasteiger partial charge in [-0.3, -0.25) is 9.79 Å². The van der Waals surface area contributed by atoms with Crippen molar-refractivity contribution in [1.29, 1.82) is 0 Å². The number of anilines is 1. The highest BCUT2D eigenvalue weighted by Crippen LogP contribution is 2.33. The van der Waals surface area contributed by atoms with Crippen molar-refractivity contribution < 1.29 is 4.79 Å². The van der Waals surface area contributed by atoms with Gasteiger partial charge in [0.05, 0.1) is 27.9 Å². The number of aliphatic imine (C=N–C) groups is 2. The van der Waals surface area contributed by atoms with Gasteiger partial charge in [0.25, 0.3) is 0 Å². The Kier molecular flexibility index (Phi) is 5.86. The number of nitrogens with zero attached hydrogens (tertiary/aromatic N) is 2. The van der Waals surface area contributed by atoms with Crippen molar-refractivity contribution in [2.75, 3.05) is 11.1 Å². The zero-order chi connectivity index (χ0) is 20.1. The Morgan fingerprint density at radius 2 is 1.55 bits per heavy atom. The van der Waals surface area contributed by atoms with E-state index in [0.717, 1.165) is 38.9 Å². The molecular formula is C24H21N3OS. The number of benzene rings is 3. The molecule has 3 aromatic rings.